The molecule has 0 bridgehead atoms. The first kappa shape index (κ1) is 16.7. The van der Waals surface area contributed by atoms with Crippen molar-refractivity contribution >= 4 is 24.0 Å². The maximum absolute atomic E-state index is 12.6. The summed E-state index contributed by atoms with van der Waals surface area (Å²) in [4.78, 5) is 11.3. The van der Waals surface area contributed by atoms with Crippen LogP contribution in [0.3, 0.4) is 0 Å². The van der Waals surface area contributed by atoms with Crippen molar-refractivity contribution in [2.75, 3.05) is 18.9 Å². The molecule has 1 aromatic rings. The molecule has 3 nitrogen and oxygen atoms in total. The lowest BCUT2D eigenvalue weighted by molar-refractivity contribution is -0.138. The summed E-state index contributed by atoms with van der Waals surface area (Å²) in [5, 5.41) is 5.04. The molecule has 0 aliphatic heterocycles. The lowest BCUT2D eigenvalue weighted by Crippen LogP contribution is -2.25. The first-order chi connectivity index (χ1) is 7.86. The summed E-state index contributed by atoms with van der Waals surface area (Å²) in [6.45, 7) is 1.38. The van der Waals surface area contributed by atoms with Gasteiger partial charge >= 0.3 is 6.18 Å². The summed E-state index contributed by atoms with van der Waals surface area (Å²) in [7, 11) is 1.58. The molecule has 0 aromatic heterocycles. The molecular formula is C11H14ClF3N2O. The van der Waals surface area contributed by atoms with Gasteiger partial charge in [0.25, 0.3) is 0 Å². The molecule has 0 aliphatic carbocycles. The van der Waals surface area contributed by atoms with Crippen LogP contribution in [0.1, 0.15) is 11.1 Å². The second kappa shape index (κ2) is 6.61. The van der Waals surface area contributed by atoms with Crippen molar-refractivity contribution in [1.29, 1.82) is 0 Å². The SMILES string of the molecule is CNCC(=O)Nc1cccc(C(F)(F)F)c1C.Cl. The molecule has 0 atom stereocenters. The molecule has 0 radical (unpaired) electrons. The number of nitrogens with one attached hydrogen (secondary N) is 2. The van der Waals surface area contributed by atoms with Crippen molar-refractivity contribution < 1.29 is 18.0 Å². The number of carbonyl (C=O) groups excluding carboxylic acids is 1. The van der Waals surface area contributed by atoms with Crippen LogP contribution in [0.4, 0.5) is 18.9 Å². The highest BCUT2D eigenvalue weighted by atomic mass is 35.5. The van der Waals surface area contributed by atoms with Gasteiger partial charge < -0.3 is 10.6 Å². The maximum Gasteiger partial charge on any atom is 0.416 e. The summed E-state index contributed by atoms with van der Waals surface area (Å²) >= 11 is 0. The van der Waals surface area contributed by atoms with E-state index in [0.29, 0.717) is 0 Å². The lowest BCUT2D eigenvalue weighted by atomic mass is 10.1. The summed E-state index contributed by atoms with van der Waals surface area (Å²) in [5.41, 5.74) is -0.538. The van der Waals surface area contributed by atoms with Crippen LogP contribution in [0.2, 0.25) is 0 Å². The highest BCUT2D eigenvalue weighted by Crippen LogP contribution is 2.34. The molecule has 7 heteroatoms. The molecule has 0 heterocycles. The molecule has 0 fully saturated rings. The topological polar surface area (TPSA) is 41.1 Å². The lowest BCUT2D eigenvalue weighted by Gasteiger charge is -2.14. The Morgan fingerprint density at radius 2 is 1.94 bits per heavy atom. The molecule has 1 aromatic carbocycles. The van der Waals surface area contributed by atoms with E-state index in [0.717, 1.165) is 6.07 Å². The van der Waals surface area contributed by atoms with E-state index in [1.54, 1.807) is 7.05 Å². The summed E-state index contributed by atoms with van der Waals surface area (Å²) in [6.07, 6.45) is -4.41. The van der Waals surface area contributed by atoms with Crippen LogP contribution in [0.5, 0.6) is 0 Å². The Kier molecular flexibility index (Phi) is 6.14. The van der Waals surface area contributed by atoms with Gasteiger partial charge in [0.05, 0.1) is 12.1 Å². The average molecular weight is 283 g/mol. The Morgan fingerprint density at radius 1 is 1.33 bits per heavy atom. The number of hydrogen-bond donors (Lipinski definition) is 2. The van der Waals surface area contributed by atoms with Crippen molar-refractivity contribution in [3.8, 4) is 0 Å². The third-order valence-corrected chi connectivity index (χ3v) is 2.25. The fourth-order valence-corrected chi connectivity index (χ4v) is 1.43. The molecule has 1 amide bonds. The molecule has 0 spiro atoms. The molecule has 0 saturated carbocycles. The van der Waals surface area contributed by atoms with Gasteiger partial charge in [-0.3, -0.25) is 4.79 Å². The second-order valence-corrected chi connectivity index (χ2v) is 3.55. The van der Waals surface area contributed by atoms with Crippen LogP contribution in [-0.4, -0.2) is 19.5 Å². The minimum atomic E-state index is -4.41. The van der Waals surface area contributed by atoms with E-state index in [9.17, 15) is 18.0 Å². The van der Waals surface area contributed by atoms with Gasteiger partial charge in [0, 0.05) is 5.69 Å². The first-order valence-electron chi connectivity index (χ1n) is 4.97. The third-order valence-electron chi connectivity index (χ3n) is 2.25. The van der Waals surface area contributed by atoms with Gasteiger partial charge in [-0.1, -0.05) is 6.07 Å². The van der Waals surface area contributed by atoms with Crippen molar-refractivity contribution in [3.05, 3.63) is 29.3 Å². The number of rotatable bonds is 3. The Labute approximate surface area is 109 Å². The number of carbonyl (C=O) groups is 1. The van der Waals surface area contributed by atoms with Gasteiger partial charge in [0.1, 0.15) is 0 Å². The van der Waals surface area contributed by atoms with E-state index in [2.05, 4.69) is 10.6 Å². The van der Waals surface area contributed by atoms with Crippen molar-refractivity contribution in [2.45, 2.75) is 13.1 Å². The Balaban J connectivity index is 0.00000289. The van der Waals surface area contributed by atoms with Gasteiger partial charge in [-0.05, 0) is 31.7 Å². The normalized spacial score (nSPS) is 10.7. The number of alkyl halides is 3. The molecule has 0 saturated heterocycles. The highest BCUT2D eigenvalue weighted by molar-refractivity contribution is 5.93. The maximum atomic E-state index is 12.6. The summed E-state index contributed by atoms with van der Waals surface area (Å²) < 4.78 is 37.8. The quantitative estimate of drug-likeness (QED) is 0.895. The predicted molar refractivity (Wildman–Crippen MR) is 66.0 cm³/mol. The zero-order chi connectivity index (χ0) is 13.1. The third kappa shape index (κ3) is 4.19. The number of benzene rings is 1. The van der Waals surface area contributed by atoms with Gasteiger partial charge in [0.2, 0.25) is 5.91 Å². The van der Waals surface area contributed by atoms with Crippen LogP contribution in [0, 0.1) is 6.92 Å². The molecule has 0 aliphatic rings. The van der Waals surface area contributed by atoms with E-state index in [1.165, 1.54) is 19.1 Å². The smallest absolute Gasteiger partial charge is 0.325 e. The molecule has 1 rings (SSSR count). The van der Waals surface area contributed by atoms with E-state index in [4.69, 9.17) is 0 Å². The van der Waals surface area contributed by atoms with Crippen LogP contribution >= 0.6 is 12.4 Å². The molecular weight excluding hydrogens is 269 g/mol. The zero-order valence-electron chi connectivity index (χ0n) is 9.89. The minimum Gasteiger partial charge on any atom is -0.325 e. The number of hydrogen-bond acceptors (Lipinski definition) is 2. The Bertz CT molecular complexity index is 421. The zero-order valence-corrected chi connectivity index (χ0v) is 10.7. The van der Waals surface area contributed by atoms with Gasteiger partial charge in [-0.15, -0.1) is 12.4 Å². The van der Waals surface area contributed by atoms with E-state index >= 15 is 0 Å². The molecule has 2 N–H and O–H groups in total. The number of amides is 1. The second-order valence-electron chi connectivity index (χ2n) is 3.55. The molecule has 18 heavy (non-hydrogen) atoms. The first-order valence-corrected chi connectivity index (χ1v) is 4.97. The van der Waals surface area contributed by atoms with Crippen molar-refractivity contribution in [2.24, 2.45) is 0 Å². The molecule has 102 valence electrons. The summed E-state index contributed by atoms with van der Waals surface area (Å²) in [5.74, 6) is -0.380. The molecule has 0 unspecified atom stereocenters. The van der Waals surface area contributed by atoms with Crippen LogP contribution < -0.4 is 10.6 Å². The van der Waals surface area contributed by atoms with E-state index in [-0.39, 0.29) is 36.1 Å². The minimum absolute atomic E-state index is 0. The van der Waals surface area contributed by atoms with E-state index in [1.807, 2.05) is 0 Å². The van der Waals surface area contributed by atoms with Crippen LogP contribution in [-0.2, 0) is 11.0 Å². The predicted octanol–water partition coefficient (Wildman–Crippen LogP) is 2.59. The average Bonchev–Trinajstić information content (AvgIpc) is 2.19. The Morgan fingerprint density at radius 3 is 2.44 bits per heavy atom. The van der Waals surface area contributed by atoms with Crippen molar-refractivity contribution in [1.82, 2.24) is 5.32 Å². The van der Waals surface area contributed by atoms with Gasteiger partial charge in [-0.2, -0.15) is 13.2 Å². The van der Waals surface area contributed by atoms with Gasteiger partial charge in [-0.25, -0.2) is 0 Å². The Hall–Kier alpha value is -1.27. The van der Waals surface area contributed by atoms with E-state index < -0.39 is 11.7 Å². The summed E-state index contributed by atoms with van der Waals surface area (Å²) in [6, 6.07) is 3.70. The van der Waals surface area contributed by atoms with Crippen LogP contribution in [0.25, 0.3) is 0 Å². The fourth-order valence-electron chi connectivity index (χ4n) is 1.43. The van der Waals surface area contributed by atoms with Crippen molar-refractivity contribution in [3.63, 3.8) is 0 Å². The largest absolute Gasteiger partial charge is 0.416 e. The monoisotopic (exact) mass is 282 g/mol. The fraction of sp³-hybridized carbons (Fsp3) is 0.364. The van der Waals surface area contributed by atoms with Crippen LogP contribution in [0.15, 0.2) is 18.2 Å². The standard InChI is InChI=1S/C11H13F3N2O.ClH/c1-7-8(11(12,13)14)4-3-5-9(7)16-10(17)6-15-2;/h3-5,15H,6H2,1-2H3,(H,16,17);1H. The highest BCUT2D eigenvalue weighted by Gasteiger charge is 2.32. The number of halogens is 4. The number of anilines is 1. The van der Waals surface area contributed by atoms with Gasteiger partial charge in [0.15, 0.2) is 0 Å². The number of likely N-dealkylation sites (N-methyl/N-ethyl adjacent to an activating group) is 1.